The zero-order valence-corrected chi connectivity index (χ0v) is 17.9. The summed E-state index contributed by atoms with van der Waals surface area (Å²) >= 11 is 1.45. The second kappa shape index (κ2) is 8.84. The van der Waals surface area contributed by atoms with Gasteiger partial charge in [0, 0.05) is 13.1 Å². The number of thiophene rings is 1. The lowest BCUT2D eigenvalue weighted by molar-refractivity contribution is -0.127. The van der Waals surface area contributed by atoms with E-state index in [1.165, 1.54) is 11.3 Å². The van der Waals surface area contributed by atoms with Crippen LogP contribution in [-0.4, -0.2) is 29.8 Å². The van der Waals surface area contributed by atoms with Gasteiger partial charge in [0.1, 0.15) is 0 Å². The first kappa shape index (κ1) is 20.4. The fourth-order valence-corrected chi connectivity index (χ4v) is 4.82. The van der Waals surface area contributed by atoms with Crippen molar-refractivity contribution in [1.82, 2.24) is 10.2 Å². The summed E-state index contributed by atoms with van der Waals surface area (Å²) in [6.45, 7) is 3.21. The van der Waals surface area contributed by atoms with Gasteiger partial charge in [-0.25, -0.2) is 0 Å². The molecule has 1 unspecified atom stereocenters. The van der Waals surface area contributed by atoms with Gasteiger partial charge in [0.05, 0.1) is 16.3 Å². The molecule has 2 aromatic carbocycles. The van der Waals surface area contributed by atoms with E-state index < -0.39 is 5.54 Å². The van der Waals surface area contributed by atoms with Gasteiger partial charge in [-0.3, -0.25) is 9.59 Å². The Hall–Kier alpha value is -2.92. The summed E-state index contributed by atoms with van der Waals surface area (Å²) in [5.74, 6) is -0.195. The fourth-order valence-electron chi connectivity index (χ4n) is 4.13. The molecule has 0 aliphatic carbocycles. The molecule has 2 amide bonds. The topological polar surface area (TPSA) is 49.4 Å². The zero-order valence-electron chi connectivity index (χ0n) is 17.1. The van der Waals surface area contributed by atoms with E-state index in [-0.39, 0.29) is 17.7 Å². The largest absolute Gasteiger partial charge is 0.342 e. The third kappa shape index (κ3) is 4.17. The van der Waals surface area contributed by atoms with Gasteiger partial charge in [0.2, 0.25) is 5.91 Å². The third-order valence-corrected chi connectivity index (χ3v) is 6.74. The van der Waals surface area contributed by atoms with E-state index in [0.29, 0.717) is 13.1 Å². The molecule has 0 radical (unpaired) electrons. The molecule has 4 nitrogen and oxygen atoms in total. The second-order valence-corrected chi connectivity index (χ2v) is 8.86. The molecule has 1 saturated heterocycles. The molecule has 1 aromatic heterocycles. The number of amides is 2. The molecule has 4 rings (SSSR count). The molecular formula is C25H26N2O2S. The van der Waals surface area contributed by atoms with E-state index in [9.17, 15) is 9.59 Å². The molecule has 1 aliphatic heterocycles. The minimum Gasteiger partial charge on any atom is -0.342 e. The van der Waals surface area contributed by atoms with Crippen molar-refractivity contribution in [2.75, 3.05) is 13.1 Å². The Morgan fingerprint density at radius 3 is 2.17 bits per heavy atom. The Kier molecular flexibility index (Phi) is 6.00. The van der Waals surface area contributed by atoms with Crippen LogP contribution in [0.4, 0.5) is 0 Å². The summed E-state index contributed by atoms with van der Waals surface area (Å²) in [5, 5.41) is 5.22. The number of hydrogen-bond donors (Lipinski definition) is 1. The molecule has 154 valence electrons. The van der Waals surface area contributed by atoms with E-state index in [2.05, 4.69) is 5.32 Å². The van der Waals surface area contributed by atoms with E-state index in [1.54, 1.807) is 0 Å². The molecule has 0 saturated carbocycles. The molecule has 2 heterocycles. The maximum absolute atomic E-state index is 13.4. The van der Waals surface area contributed by atoms with Gasteiger partial charge in [0.25, 0.3) is 5.91 Å². The van der Waals surface area contributed by atoms with E-state index >= 15 is 0 Å². The van der Waals surface area contributed by atoms with Crippen molar-refractivity contribution in [3.05, 3.63) is 94.2 Å². The molecule has 1 N–H and O–H groups in total. The molecule has 3 aromatic rings. The van der Waals surface area contributed by atoms with E-state index in [0.717, 1.165) is 28.8 Å². The molecule has 0 bridgehead atoms. The van der Waals surface area contributed by atoms with Crippen LogP contribution in [0, 0.1) is 5.92 Å². The van der Waals surface area contributed by atoms with E-state index in [4.69, 9.17) is 0 Å². The number of piperidine rings is 1. The summed E-state index contributed by atoms with van der Waals surface area (Å²) in [6, 6.07) is 23.8. The van der Waals surface area contributed by atoms with Crippen LogP contribution in [0.5, 0.6) is 0 Å². The van der Waals surface area contributed by atoms with Crippen molar-refractivity contribution < 1.29 is 9.59 Å². The lowest BCUT2D eigenvalue weighted by Crippen LogP contribution is -2.51. The summed E-state index contributed by atoms with van der Waals surface area (Å²) in [7, 11) is 0. The average Bonchev–Trinajstić information content (AvgIpc) is 3.35. The average molecular weight is 419 g/mol. The number of hydrogen-bond acceptors (Lipinski definition) is 3. The molecular weight excluding hydrogens is 392 g/mol. The van der Waals surface area contributed by atoms with Crippen LogP contribution in [0.15, 0.2) is 78.2 Å². The first-order valence-electron chi connectivity index (χ1n) is 10.3. The summed E-state index contributed by atoms with van der Waals surface area (Å²) in [4.78, 5) is 28.7. The molecule has 5 heteroatoms. The number of carbonyl (C=O) groups excluding carboxylic acids is 2. The van der Waals surface area contributed by atoms with Crippen molar-refractivity contribution in [3.8, 4) is 0 Å². The van der Waals surface area contributed by atoms with Gasteiger partial charge in [0.15, 0.2) is 0 Å². The number of nitrogens with zero attached hydrogens (tertiary/aromatic N) is 1. The van der Waals surface area contributed by atoms with Crippen LogP contribution in [0.1, 0.15) is 40.6 Å². The molecule has 1 fully saturated rings. The van der Waals surface area contributed by atoms with Gasteiger partial charge in [-0.2, -0.15) is 0 Å². The van der Waals surface area contributed by atoms with Gasteiger partial charge in [-0.05, 0) is 42.3 Å². The summed E-state index contributed by atoms with van der Waals surface area (Å²) < 4.78 is 0. The third-order valence-electron chi connectivity index (χ3n) is 5.89. The van der Waals surface area contributed by atoms with E-state index in [1.807, 2.05) is 90.0 Å². The standard InChI is InChI=1S/C25H26N2O2S/c1-25(20-11-4-2-5-12-20,21-13-6-3-7-14-21)26-23(28)19-10-8-16-27(18-19)24(29)22-15-9-17-30-22/h2-7,9,11-15,17,19H,8,10,16,18H2,1H3,(H,26,28). The van der Waals surface area contributed by atoms with Crippen molar-refractivity contribution >= 4 is 23.2 Å². The van der Waals surface area contributed by atoms with Gasteiger partial charge in [-0.1, -0.05) is 66.7 Å². The monoisotopic (exact) mass is 418 g/mol. The zero-order chi connectivity index (χ0) is 21.0. The molecule has 30 heavy (non-hydrogen) atoms. The Morgan fingerprint density at radius 2 is 1.60 bits per heavy atom. The van der Waals surface area contributed by atoms with Crippen LogP contribution >= 0.6 is 11.3 Å². The Labute approximate surface area is 181 Å². The van der Waals surface area contributed by atoms with Crippen molar-refractivity contribution in [1.29, 1.82) is 0 Å². The lowest BCUT2D eigenvalue weighted by Gasteiger charge is -2.37. The highest BCUT2D eigenvalue weighted by Crippen LogP contribution is 2.30. The van der Waals surface area contributed by atoms with Crippen LogP contribution in [0.25, 0.3) is 0 Å². The van der Waals surface area contributed by atoms with Crippen molar-refractivity contribution in [2.24, 2.45) is 5.92 Å². The van der Waals surface area contributed by atoms with Crippen LogP contribution in [0.2, 0.25) is 0 Å². The van der Waals surface area contributed by atoms with Crippen molar-refractivity contribution in [2.45, 2.75) is 25.3 Å². The minimum absolute atomic E-state index is 0.00566. The second-order valence-electron chi connectivity index (χ2n) is 7.91. The molecule has 1 aliphatic rings. The maximum atomic E-state index is 13.4. The summed E-state index contributed by atoms with van der Waals surface area (Å²) in [5.41, 5.74) is 1.43. The number of carbonyl (C=O) groups is 2. The highest BCUT2D eigenvalue weighted by Gasteiger charge is 2.35. The highest BCUT2D eigenvalue weighted by molar-refractivity contribution is 7.12. The number of rotatable bonds is 5. The maximum Gasteiger partial charge on any atom is 0.263 e. The predicted molar refractivity (Wildman–Crippen MR) is 120 cm³/mol. The van der Waals surface area contributed by atoms with Gasteiger partial charge < -0.3 is 10.2 Å². The van der Waals surface area contributed by atoms with Gasteiger partial charge in [-0.15, -0.1) is 11.3 Å². The van der Waals surface area contributed by atoms with Crippen LogP contribution in [-0.2, 0) is 10.3 Å². The summed E-state index contributed by atoms with van der Waals surface area (Å²) in [6.07, 6.45) is 1.63. The highest BCUT2D eigenvalue weighted by atomic mass is 32.1. The fraction of sp³-hybridized carbons (Fsp3) is 0.280. The Bertz CT molecular complexity index is 947. The number of benzene rings is 2. The minimum atomic E-state index is -0.639. The lowest BCUT2D eigenvalue weighted by atomic mass is 9.83. The first-order valence-corrected chi connectivity index (χ1v) is 11.2. The first-order chi connectivity index (χ1) is 14.6. The number of nitrogens with one attached hydrogen (secondary N) is 1. The smallest absolute Gasteiger partial charge is 0.263 e. The van der Waals surface area contributed by atoms with Crippen molar-refractivity contribution in [3.63, 3.8) is 0 Å². The van der Waals surface area contributed by atoms with Crippen LogP contribution < -0.4 is 5.32 Å². The normalized spacial score (nSPS) is 16.8. The Morgan fingerprint density at radius 1 is 0.967 bits per heavy atom. The predicted octanol–water partition coefficient (Wildman–Crippen LogP) is 4.68. The quantitative estimate of drug-likeness (QED) is 0.654. The molecule has 1 atom stereocenters. The molecule has 0 spiro atoms. The van der Waals surface area contributed by atoms with Gasteiger partial charge >= 0.3 is 0 Å². The SMILES string of the molecule is CC(NC(=O)C1CCCN(C(=O)c2cccs2)C1)(c1ccccc1)c1ccccc1. The number of likely N-dealkylation sites (tertiary alicyclic amines) is 1. The van der Waals surface area contributed by atoms with Crippen LogP contribution in [0.3, 0.4) is 0 Å². The Balaban J connectivity index is 1.55.